The maximum absolute atomic E-state index is 10.7. The molecule has 0 spiro atoms. The van der Waals surface area contributed by atoms with Gasteiger partial charge < -0.3 is 15.2 Å². The highest BCUT2D eigenvalue weighted by molar-refractivity contribution is 8.00. The van der Waals surface area contributed by atoms with Crippen LogP contribution >= 0.6 is 11.8 Å². The van der Waals surface area contributed by atoms with Gasteiger partial charge in [-0.1, -0.05) is 0 Å². The minimum Gasteiger partial charge on any atom is -0.481 e. The summed E-state index contributed by atoms with van der Waals surface area (Å²) in [6, 6.07) is 0. The molecule has 4 nitrogen and oxygen atoms in total. The number of aliphatic carboxylic acids is 1. The monoisotopic (exact) mass is 231 g/mol. The molecule has 2 fully saturated rings. The van der Waals surface area contributed by atoms with Gasteiger partial charge in [-0.2, -0.15) is 0 Å². The van der Waals surface area contributed by atoms with Crippen LogP contribution in [-0.2, 0) is 9.53 Å². The Kier molecular flexibility index (Phi) is 3.53. The number of nitrogens with one attached hydrogen (secondary N) is 1. The zero-order valence-corrected chi connectivity index (χ0v) is 9.52. The molecule has 2 rings (SSSR count). The van der Waals surface area contributed by atoms with Crippen LogP contribution in [0.2, 0.25) is 0 Å². The van der Waals surface area contributed by atoms with Crippen molar-refractivity contribution in [2.75, 3.05) is 25.4 Å². The molecule has 1 unspecified atom stereocenters. The van der Waals surface area contributed by atoms with E-state index in [9.17, 15) is 4.79 Å². The highest BCUT2D eigenvalue weighted by Gasteiger charge is 2.40. The summed E-state index contributed by atoms with van der Waals surface area (Å²) in [7, 11) is 0. The predicted octanol–water partition coefficient (Wildman–Crippen LogP) is 0.715. The largest absolute Gasteiger partial charge is 0.481 e. The van der Waals surface area contributed by atoms with Crippen LogP contribution in [0.25, 0.3) is 0 Å². The standard InChI is InChI=1S/C10H17NO3S/c12-9(13)4-10(6-11-7-10)15-5-8-2-1-3-14-8/h8,11H,1-7H2,(H,12,13). The van der Waals surface area contributed by atoms with Crippen molar-refractivity contribution in [2.24, 2.45) is 0 Å². The van der Waals surface area contributed by atoms with E-state index >= 15 is 0 Å². The highest BCUT2D eigenvalue weighted by atomic mass is 32.2. The van der Waals surface area contributed by atoms with Crippen molar-refractivity contribution in [3.05, 3.63) is 0 Å². The van der Waals surface area contributed by atoms with Crippen molar-refractivity contribution in [1.82, 2.24) is 5.32 Å². The Bertz CT molecular complexity index is 237. The molecule has 86 valence electrons. The van der Waals surface area contributed by atoms with Crippen molar-refractivity contribution in [1.29, 1.82) is 0 Å². The highest BCUT2D eigenvalue weighted by Crippen LogP contribution is 2.35. The third-order valence-corrected chi connectivity index (χ3v) is 4.55. The second kappa shape index (κ2) is 4.72. The molecule has 5 heteroatoms. The van der Waals surface area contributed by atoms with Gasteiger partial charge in [-0.25, -0.2) is 0 Å². The van der Waals surface area contributed by atoms with E-state index in [0.29, 0.717) is 6.10 Å². The van der Waals surface area contributed by atoms with E-state index in [1.54, 1.807) is 11.8 Å². The summed E-state index contributed by atoms with van der Waals surface area (Å²) in [5.41, 5.74) is 0. The number of carbonyl (C=O) groups is 1. The maximum atomic E-state index is 10.7. The van der Waals surface area contributed by atoms with Crippen LogP contribution in [0.4, 0.5) is 0 Å². The van der Waals surface area contributed by atoms with E-state index in [0.717, 1.165) is 38.3 Å². The van der Waals surface area contributed by atoms with Gasteiger partial charge in [0.05, 0.1) is 17.3 Å². The Hall–Kier alpha value is -0.260. The van der Waals surface area contributed by atoms with Gasteiger partial charge in [0.25, 0.3) is 0 Å². The molecule has 2 aliphatic heterocycles. The molecule has 15 heavy (non-hydrogen) atoms. The molecule has 0 amide bonds. The van der Waals surface area contributed by atoms with Gasteiger partial charge in [0.2, 0.25) is 0 Å². The smallest absolute Gasteiger partial charge is 0.304 e. The van der Waals surface area contributed by atoms with E-state index in [4.69, 9.17) is 9.84 Å². The number of carboxylic acids is 1. The number of carboxylic acid groups (broad SMARTS) is 1. The fraction of sp³-hybridized carbons (Fsp3) is 0.900. The molecule has 2 N–H and O–H groups in total. The summed E-state index contributed by atoms with van der Waals surface area (Å²) in [5.74, 6) is 0.242. The van der Waals surface area contributed by atoms with Gasteiger partial charge in [0.15, 0.2) is 0 Å². The van der Waals surface area contributed by atoms with Crippen LogP contribution in [0.3, 0.4) is 0 Å². The number of hydrogen-bond donors (Lipinski definition) is 2. The van der Waals surface area contributed by atoms with Crippen LogP contribution < -0.4 is 5.32 Å². The van der Waals surface area contributed by atoms with E-state index < -0.39 is 5.97 Å². The molecule has 0 bridgehead atoms. The average Bonchev–Trinajstić information content (AvgIpc) is 2.61. The van der Waals surface area contributed by atoms with E-state index in [-0.39, 0.29) is 11.2 Å². The summed E-state index contributed by atoms with van der Waals surface area (Å²) in [5, 5.41) is 12.0. The SMILES string of the molecule is O=C(O)CC1(SCC2CCCO2)CNC1. The fourth-order valence-corrected chi connectivity index (χ4v) is 3.44. The summed E-state index contributed by atoms with van der Waals surface area (Å²) in [6.45, 7) is 2.50. The normalized spacial score (nSPS) is 28.7. The first-order valence-corrected chi connectivity index (χ1v) is 6.37. The van der Waals surface area contributed by atoms with Gasteiger partial charge in [-0.05, 0) is 12.8 Å². The molecule has 1 atom stereocenters. The lowest BCUT2D eigenvalue weighted by molar-refractivity contribution is -0.138. The first-order valence-electron chi connectivity index (χ1n) is 5.38. The van der Waals surface area contributed by atoms with Crippen molar-refractivity contribution >= 4 is 17.7 Å². The fourth-order valence-electron chi connectivity index (χ4n) is 2.00. The lowest BCUT2D eigenvalue weighted by Gasteiger charge is -2.41. The van der Waals surface area contributed by atoms with Crippen LogP contribution in [0.15, 0.2) is 0 Å². The second-order valence-electron chi connectivity index (χ2n) is 4.30. The Morgan fingerprint density at radius 1 is 1.60 bits per heavy atom. The maximum Gasteiger partial charge on any atom is 0.304 e. The Morgan fingerprint density at radius 2 is 2.40 bits per heavy atom. The molecular formula is C10H17NO3S. The molecular weight excluding hydrogens is 214 g/mol. The van der Waals surface area contributed by atoms with Gasteiger partial charge in [-0.3, -0.25) is 4.79 Å². The number of ether oxygens (including phenoxy) is 1. The number of hydrogen-bond acceptors (Lipinski definition) is 4. The summed E-state index contributed by atoms with van der Waals surface area (Å²) in [6.07, 6.45) is 2.89. The van der Waals surface area contributed by atoms with E-state index in [2.05, 4.69) is 5.32 Å². The number of thioether (sulfide) groups is 1. The van der Waals surface area contributed by atoms with Crippen molar-refractivity contribution < 1.29 is 14.6 Å². The molecule has 0 aliphatic carbocycles. The number of rotatable bonds is 5. The van der Waals surface area contributed by atoms with Gasteiger partial charge in [0, 0.05) is 25.4 Å². The van der Waals surface area contributed by atoms with E-state index in [1.807, 2.05) is 0 Å². The van der Waals surface area contributed by atoms with Crippen molar-refractivity contribution in [3.63, 3.8) is 0 Å². The first kappa shape index (κ1) is 11.2. The molecule has 2 aliphatic rings. The molecule has 0 aromatic rings. The van der Waals surface area contributed by atoms with E-state index in [1.165, 1.54) is 0 Å². The summed E-state index contributed by atoms with van der Waals surface area (Å²) in [4.78, 5) is 10.7. The second-order valence-corrected chi connectivity index (χ2v) is 5.79. The van der Waals surface area contributed by atoms with Crippen molar-refractivity contribution in [2.45, 2.75) is 30.1 Å². The quantitative estimate of drug-likeness (QED) is 0.730. The van der Waals surface area contributed by atoms with Gasteiger partial charge in [0.1, 0.15) is 0 Å². The van der Waals surface area contributed by atoms with Crippen LogP contribution in [0.5, 0.6) is 0 Å². The molecule has 0 aromatic heterocycles. The summed E-state index contributed by atoms with van der Waals surface area (Å²) >= 11 is 1.77. The van der Waals surface area contributed by atoms with Crippen LogP contribution in [0, 0.1) is 0 Å². The van der Waals surface area contributed by atoms with Crippen LogP contribution in [0.1, 0.15) is 19.3 Å². The van der Waals surface area contributed by atoms with Crippen molar-refractivity contribution in [3.8, 4) is 0 Å². The molecule has 2 heterocycles. The minimum atomic E-state index is -0.698. The zero-order chi connectivity index (χ0) is 10.7. The Labute approximate surface area is 93.8 Å². The zero-order valence-electron chi connectivity index (χ0n) is 8.70. The molecule has 0 saturated carbocycles. The van der Waals surface area contributed by atoms with Crippen LogP contribution in [-0.4, -0.2) is 47.4 Å². The lowest BCUT2D eigenvalue weighted by Crippen LogP contribution is -2.58. The Balaban J connectivity index is 1.77. The minimum absolute atomic E-state index is 0.0716. The first-order chi connectivity index (χ1) is 7.20. The molecule has 0 aromatic carbocycles. The van der Waals surface area contributed by atoms with Gasteiger partial charge >= 0.3 is 5.97 Å². The third kappa shape index (κ3) is 2.86. The molecule has 0 radical (unpaired) electrons. The molecule has 2 saturated heterocycles. The Morgan fingerprint density at radius 3 is 2.87 bits per heavy atom. The topological polar surface area (TPSA) is 58.6 Å². The summed E-state index contributed by atoms with van der Waals surface area (Å²) < 4.78 is 5.46. The third-order valence-electron chi connectivity index (χ3n) is 2.97. The predicted molar refractivity (Wildman–Crippen MR) is 59.3 cm³/mol. The van der Waals surface area contributed by atoms with Gasteiger partial charge in [-0.15, -0.1) is 11.8 Å². The lowest BCUT2D eigenvalue weighted by atomic mass is 9.98. The average molecular weight is 231 g/mol.